The van der Waals surface area contributed by atoms with Crippen LogP contribution in [-0.4, -0.2) is 71.5 Å². The second kappa shape index (κ2) is 17.0. The van der Waals surface area contributed by atoms with E-state index in [1.807, 2.05) is 32.9 Å². The molecule has 0 aliphatic heterocycles. The number of hydrogen-bond donors (Lipinski definition) is 2. The number of halogens is 2. The van der Waals surface area contributed by atoms with Crippen LogP contribution in [0.3, 0.4) is 0 Å². The lowest BCUT2D eigenvalue weighted by Gasteiger charge is -2.19. The Morgan fingerprint density at radius 1 is 0.980 bits per heavy atom. The largest absolute Gasteiger partial charge is 0.495 e. The molecule has 0 unspecified atom stereocenters. The normalized spacial score (nSPS) is 11.6. The van der Waals surface area contributed by atoms with Crippen LogP contribution >= 0.6 is 23.2 Å². The zero-order chi connectivity index (χ0) is 35.7. The van der Waals surface area contributed by atoms with Crippen molar-refractivity contribution in [3.8, 4) is 22.6 Å². The third kappa shape index (κ3) is 9.77. The molecule has 2 heterocycles. The third-order valence-corrected chi connectivity index (χ3v) is 8.72. The first-order valence-electron chi connectivity index (χ1n) is 16.4. The predicted molar refractivity (Wildman–Crippen MR) is 198 cm³/mol. The smallest absolute Gasteiger partial charge is 0.412 e. The van der Waals surface area contributed by atoms with Crippen molar-refractivity contribution in [3.63, 3.8) is 0 Å². The summed E-state index contributed by atoms with van der Waals surface area (Å²) in [6, 6.07) is 10.7. The van der Waals surface area contributed by atoms with Crippen molar-refractivity contribution in [2.24, 2.45) is 0 Å². The van der Waals surface area contributed by atoms with Crippen molar-refractivity contribution in [1.29, 1.82) is 0 Å². The second-order valence-electron chi connectivity index (χ2n) is 12.5. The van der Waals surface area contributed by atoms with Gasteiger partial charge in [0.2, 0.25) is 5.95 Å². The number of pyridine rings is 1. The highest BCUT2D eigenvalue weighted by Crippen LogP contribution is 2.45. The summed E-state index contributed by atoms with van der Waals surface area (Å²) in [6.07, 6.45) is 3.66. The van der Waals surface area contributed by atoms with Crippen molar-refractivity contribution >= 4 is 52.0 Å². The number of nitrogens with one attached hydrogen (secondary N) is 2. The van der Waals surface area contributed by atoms with Gasteiger partial charge < -0.3 is 24.4 Å². The quantitative estimate of drug-likeness (QED) is 0.119. The predicted octanol–water partition coefficient (Wildman–Crippen LogP) is 7.91. The number of anilines is 2. The highest BCUT2D eigenvalue weighted by Gasteiger charge is 2.23. The van der Waals surface area contributed by atoms with Gasteiger partial charge in [0.1, 0.15) is 22.7 Å². The van der Waals surface area contributed by atoms with Crippen molar-refractivity contribution in [3.05, 3.63) is 68.6 Å². The fourth-order valence-electron chi connectivity index (χ4n) is 5.37. The number of rotatable bonds is 15. The van der Waals surface area contributed by atoms with Crippen LogP contribution < -0.4 is 25.7 Å². The van der Waals surface area contributed by atoms with Gasteiger partial charge in [-0.25, -0.2) is 9.78 Å². The van der Waals surface area contributed by atoms with Crippen LogP contribution in [0.1, 0.15) is 53.0 Å². The molecule has 49 heavy (non-hydrogen) atoms. The lowest BCUT2D eigenvalue weighted by atomic mass is 10.0. The third-order valence-electron chi connectivity index (χ3n) is 7.97. The zero-order valence-electron chi connectivity index (χ0n) is 29.3. The Hall–Kier alpha value is -4.06. The average Bonchev–Trinajstić information content (AvgIpc) is 3.06. The summed E-state index contributed by atoms with van der Waals surface area (Å²) in [5.41, 5.74) is 1.63. The van der Waals surface area contributed by atoms with Gasteiger partial charge in [-0.2, -0.15) is 4.98 Å². The molecule has 1 amide bonds. The Bertz CT molecular complexity index is 1780. The van der Waals surface area contributed by atoms with Crippen molar-refractivity contribution in [1.82, 2.24) is 19.4 Å². The van der Waals surface area contributed by atoms with Gasteiger partial charge in [0.05, 0.1) is 29.8 Å². The molecule has 0 atom stereocenters. The molecule has 264 valence electrons. The maximum atomic E-state index is 14.3. The van der Waals surface area contributed by atoms with Crippen LogP contribution in [0.25, 0.3) is 22.2 Å². The first-order chi connectivity index (χ1) is 23.4. The Balaban J connectivity index is 1.68. The number of carbonyl (C=O) groups is 1. The highest BCUT2D eigenvalue weighted by atomic mass is 35.5. The van der Waals surface area contributed by atoms with E-state index in [1.54, 1.807) is 35.0 Å². The number of aryl methyl sites for hydroxylation is 2. The van der Waals surface area contributed by atoms with E-state index in [0.29, 0.717) is 59.2 Å². The summed E-state index contributed by atoms with van der Waals surface area (Å²) in [6.45, 7) is 13.8. The van der Waals surface area contributed by atoms with Gasteiger partial charge in [-0.3, -0.25) is 14.7 Å². The number of methoxy groups -OCH3 is 2. The number of hydrogen-bond acceptors (Lipinski definition) is 9. The van der Waals surface area contributed by atoms with Crippen LogP contribution in [0.2, 0.25) is 10.0 Å². The van der Waals surface area contributed by atoms with E-state index in [4.69, 9.17) is 42.4 Å². The van der Waals surface area contributed by atoms with Gasteiger partial charge >= 0.3 is 6.09 Å². The summed E-state index contributed by atoms with van der Waals surface area (Å²) in [5.74, 6) is 1.08. The minimum absolute atomic E-state index is 0.188. The number of ether oxygens (including phenoxy) is 3. The van der Waals surface area contributed by atoms with Gasteiger partial charge in [0, 0.05) is 42.0 Å². The standard InChI is InChI=1S/C36H46Cl2N6O5/c1-8-43(9-2)18-11-10-17-39-34-40-22-24-20-26(29-30(37)27(47-6)21-28(48-7)31(29)38)33(45)44(32(24)42-34)19-16-23-12-14-25(15-13-23)41-35(46)49-36(3,4)5/h12-15,20-22H,8-11,16-19H2,1-7H3,(H,41,46)(H,39,40,42). The molecule has 4 rings (SSSR count). The van der Waals surface area contributed by atoms with Gasteiger partial charge in [0.15, 0.2) is 0 Å². The lowest BCUT2D eigenvalue weighted by Crippen LogP contribution is -2.27. The average molecular weight is 714 g/mol. The molecule has 4 aromatic rings. The fourth-order valence-corrected chi connectivity index (χ4v) is 6.07. The van der Waals surface area contributed by atoms with Crippen molar-refractivity contribution in [2.45, 2.75) is 66.0 Å². The molecule has 0 saturated heterocycles. The van der Waals surface area contributed by atoms with Gasteiger partial charge in [-0.15, -0.1) is 0 Å². The number of carbonyl (C=O) groups excluding carboxylic acids is 1. The van der Waals surface area contributed by atoms with E-state index in [-0.39, 0.29) is 21.2 Å². The Morgan fingerprint density at radius 3 is 2.22 bits per heavy atom. The number of amides is 1. The minimum atomic E-state index is -0.608. The molecule has 0 spiro atoms. The molecule has 13 heteroatoms. The maximum absolute atomic E-state index is 14.3. The minimum Gasteiger partial charge on any atom is -0.495 e. The molecule has 0 aliphatic carbocycles. The molecule has 0 radical (unpaired) electrons. The van der Waals surface area contributed by atoms with Crippen LogP contribution in [0.15, 0.2) is 47.4 Å². The zero-order valence-corrected chi connectivity index (χ0v) is 30.8. The van der Waals surface area contributed by atoms with Gasteiger partial charge in [-0.1, -0.05) is 49.2 Å². The van der Waals surface area contributed by atoms with E-state index in [9.17, 15) is 9.59 Å². The van der Waals surface area contributed by atoms with E-state index in [0.717, 1.165) is 38.0 Å². The molecular weight excluding hydrogens is 667 g/mol. The summed E-state index contributed by atoms with van der Waals surface area (Å²) < 4.78 is 17.9. The Kier molecular flexibility index (Phi) is 13.1. The van der Waals surface area contributed by atoms with E-state index in [2.05, 4.69) is 34.4 Å². The molecule has 11 nitrogen and oxygen atoms in total. The molecule has 0 fully saturated rings. The fraction of sp³-hybridized carbons (Fsp3) is 0.444. The summed E-state index contributed by atoms with van der Waals surface area (Å²) >= 11 is 13.5. The first-order valence-corrected chi connectivity index (χ1v) is 17.2. The van der Waals surface area contributed by atoms with E-state index >= 15 is 0 Å². The van der Waals surface area contributed by atoms with Crippen molar-refractivity contribution in [2.75, 3.05) is 51.0 Å². The molecular formula is C36H46Cl2N6O5. The van der Waals surface area contributed by atoms with Crippen LogP contribution in [0, 0.1) is 0 Å². The first kappa shape index (κ1) is 37.8. The van der Waals surface area contributed by atoms with E-state index < -0.39 is 11.7 Å². The summed E-state index contributed by atoms with van der Waals surface area (Å²) in [5, 5.41) is 7.07. The monoisotopic (exact) mass is 712 g/mol. The number of benzene rings is 2. The van der Waals surface area contributed by atoms with Crippen molar-refractivity contribution < 1.29 is 19.0 Å². The maximum Gasteiger partial charge on any atom is 0.412 e. The van der Waals surface area contributed by atoms with Crippen LogP contribution in [0.4, 0.5) is 16.4 Å². The highest BCUT2D eigenvalue weighted by molar-refractivity contribution is 6.41. The molecule has 0 bridgehead atoms. The molecule has 2 aromatic heterocycles. The number of nitrogens with zero attached hydrogens (tertiary/aromatic N) is 4. The molecule has 0 aliphatic rings. The topological polar surface area (TPSA) is 120 Å². The second-order valence-corrected chi connectivity index (χ2v) is 13.3. The Morgan fingerprint density at radius 2 is 1.63 bits per heavy atom. The molecule has 0 saturated carbocycles. The van der Waals surface area contributed by atoms with Gasteiger partial charge in [0.25, 0.3) is 5.56 Å². The molecule has 2 N–H and O–H groups in total. The number of unbranched alkanes of at least 4 members (excludes halogenated alkanes) is 1. The SMILES string of the molecule is CCN(CC)CCCCNc1ncc2cc(-c3c(Cl)c(OC)cc(OC)c3Cl)c(=O)n(CCc3ccc(NC(=O)OC(C)(C)C)cc3)c2n1. The number of aromatic nitrogens is 3. The van der Waals surface area contributed by atoms with Crippen LogP contribution in [-0.2, 0) is 17.7 Å². The lowest BCUT2D eigenvalue weighted by molar-refractivity contribution is 0.0636. The van der Waals surface area contributed by atoms with E-state index in [1.165, 1.54) is 14.2 Å². The number of fused-ring (bicyclic) bond motifs is 1. The Labute approximate surface area is 297 Å². The molecule has 2 aromatic carbocycles. The summed E-state index contributed by atoms with van der Waals surface area (Å²) in [4.78, 5) is 38.3. The van der Waals surface area contributed by atoms with Gasteiger partial charge in [-0.05, 0) is 83.4 Å². The summed E-state index contributed by atoms with van der Waals surface area (Å²) in [7, 11) is 2.97. The van der Waals surface area contributed by atoms with Crippen LogP contribution in [0.5, 0.6) is 11.5 Å².